The molecule has 1 aliphatic rings. The third-order valence-electron chi connectivity index (χ3n) is 3.30. The fourth-order valence-electron chi connectivity index (χ4n) is 2.44. The maximum atomic E-state index is 5.81. The van der Waals surface area contributed by atoms with Gasteiger partial charge >= 0.3 is 0 Å². The number of ether oxygens (including phenoxy) is 1. The number of rotatable bonds is 2. The van der Waals surface area contributed by atoms with E-state index in [0.29, 0.717) is 6.61 Å². The molecule has 0 unspecified atom stereocenters. The first-order valence-corrected chi connectivity index (χ1v) is 6.05. The van der Waals surface area contributed by atoms with Crippen LogP contribution in [0, 0.1) is 0 Å². The Labute approximate surface area is 101 Å². The lowest BCUT2D eigenvalue weighted by molar-refractivity contribution is 0.0637. The molecule has 1 aromatic heterocycles. The highest BCUT2D eigenvalue weighted by Gasteiger charge is 2.24. The first kappa shape index (κ1) is 10.5. The molecule has 0 aliphatic carbocycles. The van der Waals surface area contributed by atoms with Gasteiger partial charge < -0.3 is 4.74 Å². The molecule has 17 heavy (non-hydrogen) atoms. The van der Waals surface area contributed by atoms with Crippen LogP contribution < -0.4 is 0 Å². The average Bonchev–Trinajstić information content (AvgIpc) is 2.82. The SMILES string of the molecule is CC[C@H]1OCc2c(-c3ccccn3)cccc21. The van der Waals surface area contributed by atoms with Crippen LogP contribution in [0.4, 0.5) is 0 Å². The number of nitrogens with zero attached hydrogens (tertiary/aromatic N) is 1. The predicted octanol–water partition coefficient (Wildman–Crippen LogP) is 3.73. The van der Waals surface area contributed by atoms with Gasteiger partial charge in [-0.05, 0) is 29.7 Å². The van der Waals surface area contributed by atoms with Crippen molar-refractivity contribution in [1.82, 2.24) is 4.98 Å². The van der Waals surface area contributed by atoms with Gasteiger partial charge in [-0.15, -0.1) is 0 Å². The number of fused-ring (bicyclic) bond motifs is 1. The molecule has 0 saturated heterocycles. The third-order valence-corrected chi connectivity index (χ3v) is 3.30. The zero-order valence-electron chi connectivity index (χ0n) is 9.89. The molecule has 0 saturated carbocycles. The normalized spacial score (nSPS) is 18.1. The third kappa shape index (κ3) is 1.75. The van der Waals surface area contributed by atoms with Gasteiger partial charge in [-0.1, -0.05) is 31.2 Å². The van der Waals surface area contributed by atoms with Crippen LogP contribution in [0.1, 0.15) is 30.6 Å². The Balaban J connectivity index is 2.12. The highest BCUT2D eigenvalue weighted by Crippen LogP contribution is 2.37. The van der Waals surface area contributed by atoms with Gasteiger partial charge in [-0.2, -0.15) is 0 Å². The Kier molecular flexibility index (Phi) is 2.65. The summed E-state index contributed by atoms with van der Waals surface area (Å²) < 4.78 is 5.81. The highest BCUT2D eigenvalue weighted by molar-refractivity contribution is 5.66. The Bertz CT molecular complexity index is 522. The Morgan fingerprint density at radius 3 is 2.94 bits per heavy atom. The maximum absolute atomic E-state index is 5.81. The van der Waals surface area contributed by atoms with E-state index < -0.39 is 0 Å². The number of hydrogen-bond donors (Lipinski definition) is 0. The monoisotopic (exact) mass is 225 g/mol. The van der Waals surface area contributed by atoms with Crippen LogP contribution in [-0.2, 0) is 11.3 Å². The zero-order chi connectivity index (χ0) is 11.7. The molecule has 1 atom stereocenters. The number of hydrogen-bond acceptors (Lipinski definition) is 2. The van der Waals surface area contributed by atoms with E-state index in [2.05, 4.69) is 36.2 Å². The second kappa shape index (κ2) is 4.30. The smallest absolute Gasteiger partial charge is 0.0830 e. The molecule has 0 N–H and O–H groups in total. The summed E-state index contributed by atoms with van der Waals surface area (Å²) in [5.41, 5.74) is 4.87. The van der Waals surface area contributed by atoms with Crippen LogP contribution in [0.2, 0.25) is 0 Å². The standard InChI is InChI=1S/C15H15NO/c1-2-15-12-7-5-6-11(13(12)10-17-15)14-8-3-4-9-16-14/h3-9,15H,2,10H2,1H3/t15-/m1/s1. The van der Waals surface area contributed by atoms with E-state index in [0.717, 1.165) is 12.1 Å². The molecule has 0 amide bonds. The summed E-state index contributed by atoms with van der Waals surface area (Å²) in [6.45, 7) is 2.87. The van der Waals surface area contributed by atoms with Crippen LogP contribution in [0.5, 0.6) is 0 Å². The molecule has 86 valence electrons. The lowest BCUT2D eigenvalue weighted by Gasteiger charge is -2.08. The van der Waals surface area contributed by atoms with Crippen molar-refractivity contribution >= 4 is 0 Å². The topological polar surface area (TPSA) is 22.1 Å². The minimum atomic E-state index is 0.258. The number of benzene rings is 1. The average molecular weight is 225 g/mol. The van der Waals surface area contributed by atoms with E-state index in [1.165, 1.54) is 16.7 Å². The second-order valence-electron chi connectivity index (χ2n) is 4.30. The van der Waals surface area contributed by atoms with E-state index in [1.54, 1.807) is 0 Å². The van der Waals surface area contributed by atoms with E-state index in [4.69, 9.17) is 4.74 Å². The summed E-state index contributed by atoms with van der Waals surface area (Å²) >= 11 is 0. The molecular formula is C15H15NO. The molecule has 0 bridgehead atoms. The molecular weight excluding hydrogens is 210 g/mol. The van der Waals surface area contributed by atoms with Crippen molar-refractivity contribution in [2.75, 3.05) is 0 Å². The Hall–Kier alpha value is -1.67. The van der Waals surface area contributed by atoms with Crippen LogP contribution >= 0.6 is 0 Å². The van der Waals surface area contributed by atoms with Crippen molar-refractivity contribution < 1.29 is 4.74 Å². The van der Waals surface area contributed by atoms with Gasteiger partial charge in [0, 0.05) is 11.8 Å². The molecule has 0 spiro atoms. The van der Waals surface area contributed by atoms with Gasteiger partial charge in [-0.25, -0.2) is 0 Å². The summed E-state index contributed by atoms with van der Waals surface area (Å²) in [5, 5.41) is 0. The molecule has 2 nitrogen and oxygen atoms in total. The summed E-state index contributed by atoms with van der Waals surface area (Å²) in [5.74, 6) is 0. The van der Waals surface area contributed by atoms with Crippen molar-refractivity contribution in [3.63, 3.8) is 0 Å². The predicted molar refractivity (Wildman–Crippen MR) is 67.5 cm³/mol. The molecule has 2 heteroatoms. The summed E-state index contributed by atoms with van der Waals surface area (Å²) in [7, 11) is 0. The molecule has 0 fully saturated rings. The van der Waals surface area contributed by atoms with E-state index in [-0.39, 0.29) is 6.10 Å². The van der Waals surface area contributed by atoms with E-state index in [9.17, 15) is 0 Å². The van der Waals surface area contributed by atoms with Crippen molar-refractivity contribution in [2.45, 2.75) is 26.1 Å². The van der Waals surface area contributed by atoms with Crippen LogP contribution in [0.15, 0.2) is 42.6 Å². The van der Waals surface area contributed by atoms with E-state index >= 15 is 0 Å². The van der Waals surface area contributed by atoms with Gasteiger partial charge in [0.25, 0.3) is 0 Å². The quantitative estimate of drug-likeness (QED) is 0.777. The lowest BCUT2D eigenvalue weighted by atomic mass is 9.97. The van der Waals surface area contributed by atoms with Crippen molar-refractivity contribution in [3.8, 4) is 11.3 Å². The maximum Gasteiger partial charge on any atom is 0.0830 e. The van der Waals surface area contributed by atoms with Crippen molar-refractivity contribution in [2.24, 2.45) is 0 Å². The number of pyridine rings is 1. The minimum absolute atomic E-state index is 0.258. The lowest BCUT2D eigenvalue weighted by Crippen LogP contribution is -1.93. The summed E-state index contributed by atoms with van der Waals surface area (Å²) in [6.07, 6.45) is 3.12. The second-order valence-corrected chi connectivity index (χ2v) is 4.30. The van der Waals surface area contributed by atoms with Crippen LogP contribution in [-0.4, -0.2) is 4.98 Å². The van der Waals surface area contributed by atoms with Crippen molar-refractivity contribution in [3.05, 3.63) is 53.7 Å². The fourth-order valence-corrected chi connectivity index (χ4v) is 2.44. The van der Waals surface area contributed by atoms with Gasteiger partial charge in [0.1, 0.15) is 0 Å². The van der Waals surface area contributed by atoms with Gasteiger partial charge in [-0.3, -0.25) is 4.98 Å². The summed E-state index contributed by atoms with van der Waals surface area (Å²) in [6, 6.07) is 12.4. The van der Waals surface area contributed by atoms with Crippen LogP contribution in [0.25, 0.3) is 11.3 Å². The van der Waals surface area contributed by atoms with Gasteiger partial charge in [0.15, 0.2) is 0 Å². The molecule has 2 aromatic rings. The molecule has 3 rings (SSSR count). The minimum Gasteiger partial charge on any atom is -0.369 e. The Morgan fingerprint density at radius 1 is 1.24 bits per heavy atom. The van der Waals surface area contributed by atoms with Gasteiger partial charge in [0.2, 0.25) is 0 Å². The van der Waals surface area contributed by atoms with E-state index in [1.807, 2.05) is 18.3 Å². The first-order chi connectivity index (χ1) is 8.40. The summed E-state index contributed by atoms with van der Waals surface area (Å²) in [4.78, 5) is 4.42. The van der Waals surface area contributed by atoms with Crippen LogP contribution in [0.3, 0.4) is 0 Å². The Morgan fingerprint density at radius 2 is 2.18 bits per heavy atom. The molecule has 2 heterocycles. The largest absolute Gasteiger partial charge is 0.369 e. The number of aromatic nitrogens is 1. The van der Waals surface area contributed by atoms with Crippen molar-refractivity contribution in [1.29, 1.82) is 0 Å². The molecule has 1 aromatic carbocycles. The fraction of sp³-hybridized carbons (Fsp3) is 0.267. The molecule has 0 radical (unpaired) electrons. The first-order valence-electron chi connectivity index (χ1n) is 6.05. The van der Waals surface area contributed by atoms with Gasteiger partial charge in [0.05, 0.1) is 18.4 Å². The highest BCUT2D eigenvalue weighted by atomic mass is 16.5. The zero-order valence-corrected chi connectivity index (χ0v) is 9.89. The molecule has 1 aliphatic heterocycles.